The van der Waals surface area contributed by atoms with Gasteiger partial charge in [-0.25, -0.2) is 9.67 Å². The first-order chi connectivity index (χ1) is 12.1. The van der Waals surface area contributed by atoms with Crippen LogP contribution < -0.4 is 5.32 Å². The Morgan fingerprint density at radius 1 is 1.32 bits per heavy atom. The van der Waals surface area contributed by atoms with E-state index in [1.165, 1.54) is 0 Å². The molecule has 25 heavy (non-hydrogen) atoms. The minimum atomic E-state index is -0.752. The van der Waals surface area contributed by atoms with Crippen LogP contribution in [0.3, 0.4) is 0 Å². The van der Waals surface area contributed by atoms with Gasteiger partial charge >= 0.3 is 0 Å². The highest BCUT2D eigenvalue weighted by Gasteiger charge is 2.37. The molecule has 0 aliphatic carbocycles. The van der Waals surface area contributed by atoms with Crippen LogP contribution in [0.25, 0.3) is 16.7 Å². The Balaban J connectivity index is 1.67. The number of carbonyl (C=O) groups is 1. The number of pyridine rings is 1. The van der Waals surface area contributed by atoms with E-state index >= 15 is 0 Å². The summed E-state index contributed by atoms with van der Waals surface area (Å²) in [7, 11) is 0. The minimum absolute atomic E-state index is 0.126. The molecule has 128 valence electrons. The number of ether oxygens (including phenoxy) is 1. The van der Waals surface area contributed by atoms with Crippen molar-refractivity contribution in [2.24, 2.45) is 0 Å². The van der Waals surface area contributed by atoms with Gasteiger partial charge < -0.3 is 10.1 Å². The first kappa shape index (κ1) is 15.8. The molecule has 0 bridgehead atoms. The minimum Gasteiger partial charge on any atom is -0.365 e. The second-order valence-corrected chi connectivity index (χ2v) is 6.56. The van der Waals surface area contributed by atoms with Crippen molar-refractivity contribution in [3.63, 3.8) is 0 Å². The molecule has 4 rings (SSSR count). The van der Waals surface area contributed by atoms with Gasteiger partial charge in [0, 0.05) is 12.0 Å². The molecule has 1 saturated heterocycles. The van der Waals surface area contributed by atoms with E-state index in [9.17, 15) is 4.79 Å². The molecule has 1 aromatic carbocycles. The molecule has 1 aliphatic rings. The zero-order valence-corrected chi connectivity index (χ0v) is 14.3. The summed E-state index contributed by atoms with van der Waals surface area (Å²) in [5, 5.41) is 8.43. The van der Waals surface area contributed by atoms with E-state index in [0.717, 1.165) is 35.3 Å². The fourth-order valence-corrected chi connectivity index (χ4v) is 3.18. The predicted molar refractivity (Wildman–Crippen MR) is 95.8 cm³/mol. The number of anilines is 1. The summed E-state index contributed by atoms with van der Waals surface area (Å²) in [5.41, 5.74) is 2.50. The Morgan fingerprint density at radius 2 is 2.12 bits per heavy atom. The summed E-state index contributed by atoms with van der Waals surface area (Å²) in [6.45, 7) is 4.40. The average Bonchev–Trinajstić information content (AvgIpc) is 3.21. The molecule has 0 saturated carbocycles. The van der Waals surface area contributed by atoms with Gasteiger partial charge in [-0.2, -0.15) is 5.10 Å². The Hall–Kier alpha value is -2.73. The topological polar surface area (TPSA) is 69.0 Å². The van der Waals surface area contributed by atoms with Gasteiger partial charge in [0.05, 0.1) is 23.3 Å². The number of rotatable bonds is 3. The zero-order chi connectivity index (χ0) is 17.4. The molecule has 6 heteroatoms. The molecule has 6 nitrogen and oxygen atoms in total. The maximum atomic E-state index is 12.5. The van der Waals surface area contributed by atoms with Crippen LogP contribution in [-0.4, -0.2) is 32.9 Å². The third-order valence-corrected chi connectivity index (χ3v) is 4.66. The van der Waals surface area contributed by atoms with Crippen LogP contribution in [0.15, 0.2) is 42.6 Å². The molecular formula is C19H20N4O2. The number of nitrogens with zero attached hydrogens (tertiary/aromatic N) is 3. The highest BCUT2D eigenvalue weighted by Crippen LogP contribution is 2.28. The number of nitrogens with one attached hydrogen (secondary N) is 1. The molecular weight excluding hydrogens is 316 g/mol. The molecule has 0 unspecified atom stereocenters. The third kappa shape index (κ3) is 2.78. The van der Waals surface area contributed by atoms with Gasteiger partial charge in [-0.1, -0.05) is 18.2 Å². The molecule has 2 aromatic heterocycles. The predicted octanol–water partition coefficient (Wildman–Crippen LogP) is 3.24. The van der Waals surface area contributed by atoms with Gasteiger partial charge in [-0.05, 0) is 44.9 Å². The molecule has 1 atom stereocenters. The van der Waals surface area contributed by atoms with E-state index in [0.29, 0.717) is 12.3 Å². The lowest BCUT2D eigenvalue weighted by atomic mass is 10.0. The van der Waals surface area contributed by atoms with Crippen molar-refractivity contribution in [1.82, 2.24) is 14.8 Å². The number of hydrogen-bond donors (Lipinski definition) is 1. The van der Waals surface area contributed by atoms with Crippen LogP contribution in [0, 0.1) is 6.92 Å². The molecule has 3 heterocycles. The number of hydrogen-bond acceptors (Lipinski definition) is 4. The summed E-state index contributed by atoms with van der Waals surface area (Å²) in [5.74, 6) is -0.126. The number of para-hydroxylation sites is 1. The largest absolute Gasteiger partial charge is 0.365 e. The number of aryl methyl sites for hydroxylation is 1. The number of amides is 1. The molecule has 0 radical (unpaired) electrons. The van der Waals surface area contributed by atoms with E-state index in [4.69, 9.17) is 4.74 Å². The summed E-state index contributed by atoms with van der Waals surface area (Å²) in [6.07, 6.45) is 3.31. The van der Waals surface area contributed by atoms with Gasteiger partial charge in [-0.15, -0.1) is 0 Å². The van der Waals surface area contributed by atoms with E-state index in [2.05, 4.69) is 15.4 Å². The summed E-state index contributed by atoms with van der Waals surface area (Å²) >= 11 is 0. The number of fused-ring (bicyclic) bond motifs is 1. The van der Waals surface area contributed by atoms with Gasteiger partial charge in [-0.3, -0.25) is 4.79 Å². The fraction of sp³-hybridized carbons (Fsp3) is 0.316. The van der Waals surface area contributed by atoms with Crippen molar-refractivity contribution >= 4 is 22.6 Å². The summed E-state index contributed by atoms with van der Waals surface area (Å²) in [4.78, 5) is 17.0. The number of benzene rings is 1. The lowest BCUT2D eigenvalue weighted by Crippen LogP contribution is -2.39. The van der Waals surface area contributed by atoms with E-state index in [1.54, 1.807) is 6.20 Å². The Bertz CT molecular complexity index is 927. The van der Waals surface area contributed by atoms with Crippen molar-refractivity contribution in [2.45, 2.75) is 32.3 Å². The van der Waals surface area contributed by atoms with E-state index < -0.39 is 5.60 Å². The third-order valence-electron chi connectivity index (χ3n) is 4.66. The molecule has 1 aliphatic heterocycles. The van der Waals surface area contributed by atoms with Crippen molar-refractivity contribution in [1.29, 1.82) is 0 Å². The molecule has 3 aromatic rings. The van der Waals surface area contributed by atoms with Gasteiger partial charge in [0.15, 0.2) is 5.65 Å². The SMILES string of the molecule is Cc1nn(-c2ccccc2)c2ncc(NC(=O)[C@]3(C)CCCO3)cc12. The number of carbonyl (C=O) groups excluding carboxylic acids is 1. The van der Waals surface area contributed by atoms with Crippen LogP contribution in [-0.2, 0) is 9.53 Å². The lowest BCUT2D eigenvalue weighted by molar-refractivity contribution is -0.133. The van der Waals surface area contributed by atoms with Crippen molar-refractivity contribution < 1.29 is 9.53 Å². The van der Waals surface area contributed by atoms with Crippen LogP contribution in [0.1, 0.15) is 25.5 Å². The number of aromatic nitrogens is 3. The van der Waals surface area contributed by atoms with Crippen molar-refractivity contribution in [3.05, 3.63) is 48.3 Å². The average molecular weight is 336 g/mol. The quantitative estimate of drug-likeness (QED) is 0.797. The summed E-state index contributed by atoms with van der Waals surface area (Å²) < 4.78 is 7.42. The first-order valence-corrected chi connectivity index (χ1v) is 8.43. The van der Waals surface area contributed by atoms with Gasteiger partial charge in [0.2, 0.25) is 0 Å². The molecule has 1 amide bonds. The van der Waals surface area contributed by atoms with Crippen LogP contribution in [0.4, 0.5) is 5.69 Å². The second-order valence-electron chi connectivity index (χ2n) is 6.56. The van der Waals surface area contributed by atoms with Crippen molar-refractivity contribution in [2.75, 3.05) is 11.9 Å². The van der Waals surface area contributed by atoms with Crippen molar-refractivity contribution in [3.8, 4) is 5.69 Å². The second kappa shape index (κ2) is 5.97. The zero-order valence-electron chi connectivity index (χ0n) is 14.3. The highest BCUT2D eigenvalue weighted by molar-refractivity contribution is 5.98. The maximum absolute atomic E-state index is 12.5. The first-order valence-electron chi connectivity index (χ1n) is 8.43. The Morgan fingerprint density at radius 3 is 2.84 bits per heavy atom. The van der Waals surface area contributed by atoms with Gasteiger partial charge in [0.1, 0.15) is 5.60 Å². The van der Waals surface area contributed by atoms with Gasteiger partial charge in [0.25, 0.3) is 5.91 Å². The maximum Gasteiger partial charge on any atom is 0.256 e. The van der Waals surface area contributed by atoms with E-state index in [-0.39, 0.29) is 5.91 Å². The normalized spacial score (nSPS) is 20.1. The van der Waals surface area contributed by atoms with E-state index in [1.807, 2.05) is 54.9 Å². The molecule has 1 N–H and O–H groups in total. The fourth-order valence-electron chi connectivity index (χ4n) is 3.18. The monoisotopic (exact) mass is 336 g/mol. The smallest absolute Gasteiger partial charge is 0.256 e. The van der Waals surface area contributed by atoms with Crippen LogP contribution in [0.5, 0.6) is 0 Å². The summed E-state index contributed by atoms with van der Waals surface area (Å²) in [6, 6.07) is 11.8. The standard InChI is InChI=1S/C19H20N4O2/c1-13-16-11-14(21-18(24)19(2)9-6-10-25-19)12-20-17(16)23(22-13)15-7-4-3-5-8-15/h3-5,7-8,11-12H,6,9-10H2,1-2H3,(H,21,24)/t19-/m0/s1. The molecule has 1 fully saturated rings. The highest BCUT2D eigenvalue weighted by atomic mass is 16.5. The Labute approximate surface area is 145 Å². The van der Waals surface area contributed by atoms with Crippen LogP contribution in [0.2, 0.25) is 0 Å². The molecule has 0 spiro atoms. The lowest BCUT2D eigenvalue weighted by Gasteiger charge is -2.21. The Kier molecular flexibility index (Phi) is 3.77. The van der Waals surface area contributed by atoms with Crippen LogP contribution >= 0.6 is 0 Å².